The highest BCUT2D eigenvalue weighted by atomic mass is 19.1. The summed E-state index contributed by atoms with van der Waals surface area (Å²) >= 11 is 0. The van der Waals surface area contributed by atoms with Crippen LogP contribution in [0.2, 0.25) is 0 Å². The number of carbonyl (C=O) groups excluding carboxylic acids is 1. The number of amides is 1. The van der Waals surface area contributed by atoms with Gasteiger partial charge in [-0.3, -0.25) is 14.7 Å². The molecule has 2 aliphatic heterocycles. The van der Waals surface area contributed by atoms with Gasteiger partial charge in [0, 0.05) is 30.5 Å². The summed E-state index contributed by atoms with van der Waals surface area (Å²) in [5.41, 5.74) is 0.742. The smallest absolute Gasteiger partial charge is 0.253 e. The first-order chi connectivity index (χ1) is 13.5. The SMILES string of the molecule is O=C1COC2(CCCN(Cc3ccncc3F)CC2)CN1c1cccc(F)c1. The fourth-order valence-electron chi connectivity index (χ4n) is 4.05. The zero-order chi connectivity index (χ0) is 19.6. The Kier molecular flexibility index (Phi) is 5.37. The molecule has 0 radical (unpaired) electrons. The summed E-state index contributed by atoms with van der Waals surface area (Å²) < 4.78 is 33.6. The second kappa shape index (κ2) is 7.93. The highest BCUT2D eigenvalue weighted by Gasteiger charge is 2.41. The second-order valence-electron chi connectivity index (χ2n) is 7.53. The van der Waals surface area contributed by atoms with Crippen LogP contribution in [0, 0.1) is 11.6 Å². The molecule has 2 aromatic rings. The zero-order valence-electron chi connectivity index (χ0n) is 15.6. The molecule has 5 nitrogen and oxygen atoms in total. The van der Waals surface area contributed by atoms with E-state index < -0.39 is 5.60 Å². The van der Waals surface area contributed by atoms with Crippen molar-refractivity contribution in [1.82, 2.24) is 9.88 Å². The van der Waals surface area contributed by atoms with Crippen LogP contribution in [-0.4, -0.2) is 47.6 Å². The van der Waals surface area contributed by atoms with Crippen LogP contribution in [0.4, 0.5) is 14.5 Å². The van der Waals surface area contributed by atoms with Gasteiger partial charge >= 0.3 is 0 Å². The van der Waals surface area contributed by atoms with E-state index in [1.807, 2.05) is 0 Å². The van der Waals surface area contributed by atoms with E-state index in [0.717, 1.165) is 32.4 Å². The molecule has 4 rings (SSSR count). The Morgan fingerprint density at radius 1 is 1.18 bits per heavy atom. The topological polar surface area (TPSA) is 45.7 Å². The molecule has 3 heterocycles. The Hall–Kier alpha value is -2.38. The van der Waals surface area contributed by atoms with Crippen molar-refractivity contribution in [3.8, 4) is 0 Å². The summed E-state index contributed by atoms with van der Waals surface area (Å²) in [6, 6.07) is 7.81. The number of anilines is 1. The quantitative estimate of drug-likeness (QED) is 0.812. The van der Waals surface area contributed by atoms with Gasteiger partial charge in [-0.15, -0.1) is 0 Å². The van der Waals surface area contributed by atoms with Crippen molar-refractivity contribution >= 4 is 11.6 Å². The normalized spacial score (nSPS) is 23.8. The summed E-state index contributed by atoms with van der Waals surface area (Å²) in [7, 11) is 0. The maximum Gasteiger partial charge on any atom is 0.253 e. The van der Waals surface area contributed by atoms with Crippen LogP contribution in [-0.2, 0) is 16.1 Å². The predicted molar refractivity (Wildman–Crippen MR) is 101 cm³/mol. The first kappa shape index (κ1) is 19.0. The number of hydrogen-bond donors (Lipinski definition) is 0. The van der Waals surface area contributed by atoms with Crippen molar-refractivity contribution in [2.75, 3.05) is 31.1 Å². The Bertz CT molecular complexity index is 863. The van der Waals surface area contributed by atoms with E-state index in [1.54, 1.807) is 29.3 Å². The van der Waals surface area contributed by atoms with E-state index in [2.05, 4.69) is 9.88 Å². The van der Waals surface area contributed by atoms with E-state index >= 15 is 0 Å². The van der Waals surface area contributed by atoms with Gasteiger partial charge in [0.25, 0.3) is 5.91 Å². The van der Waals surface area contributed by atoms with Gasteiger partial charge in [-0.05, 0) is 50.1 Å². The molecule has 1 unspecified atom stereocenters. The Labute approximate surface area is 162 Å². The number of benzene rings is 1. The van der Waals surface area contributed by atoms with Gasteiger partial charge in [-0.1, -0.05) is 6.07 Å². The minimum absolute atomic E-state index is 0.00447. The Morgan fingerprint density at radius 2 is 2.07 bits per heavy atom. The molecule has 0 saturated carbocycles. The lowest BCUT2D eigenvalue weighted by molar-refractivity contribution is -0.140. The monoisotopic (exact) mass is 387 g/mol. The number of ether oxygens (including phenoxy) is 1. The Balaban J connectivity index is 1.46. The molecule has 7 heteroatoms. The molecule has 0 N–H and O–H groups in total. The standard InChI is InChI=1S/C21H23F2N3O2/c22-17-3-1-4-18(11-17)26-15-21(28-14-20(26)27)6-2-9-25(10-7-21)13-16-5-8-24-12-19(16)23/h1,3-5,8,11-12H,2,6-7,9-10,13-15H2. The van der Waals surface area contributed by atoms with Crippen molar-refractivity contribution in [2.24, 2.45) is 0 Å². The third kappa shape index (κ3) is 4.05. The van der Waals surface area contributed by atoms with Gasteiger partial charge in [-0.2, -0.15) is 0 Å². The molecular formula is C21H23F2N3O2. The van der Waals surface area contributed by atoms with Crippen LogP contribution in [0.15, 0.2) is 42.7 Å². The van der Waals surface area contributed by atoms with E-state index in [1.165, 1.54) is 18.3 Å². The van der Waals surface area contributed by atoms with Crippen LogP contribution in [0.1, 0.15) is 24.8 Å². The summed E-state index contributed by atoms with van der Waals surface area (Å²) in [5, 5.41) is 0. The maximum absolute atomic E-state index is 13.9. The first-order valence-corrected chi connectivity index (χ1v) is 9.55. The van der Waals surface area contributed by atoms with E-state index in [4.69, 9.17) is 4.74 Å². The van der Waals surface area contributed by atoms with Crippen LogP contribution in [0.5, 0.6) is 0 Å². The van der Waals surface area contributed by atoms with Crippen LogP contribution in [0.25, 0.3) is 0 Å². The van der Waals surface area contributed by atoms with Crippen molar-refractivity contribution in [3.63, 3.8) is 0 Å². The second-order valence-corrected chi connectivity index (χ2v) is 7.53. The summed E-state index contributed by atoms with van der Waals surface area (Å²) in [5.74, 6) is -0.813. The number of carbonyl (C=O) groups is 1. The van der Waals surface area contributed by atoms with Gasteiger partial charge in [0.2, 0.25) is 0 Å². The first-order valence-electron chi connectivity index (χ1n) is 9.55. The average Bonchev–Trinajstić information content (AvgIpc) is 2.88. The zero-order valence-corrected chi connectivity index (χ0v) is 15.6. The van der Waals surface area contributed by atoms with Crippen LogP contribution in [0.3, 0.4) is 0 Å². The summed E-state index contributed by atoms with van der Waals surface area (Å²) in [6.45, 7) is 2.51. The van der Waals surface area contributed by atoms with Gasteiger partial charge in [0.1, 0.15) is 18.2 Å². The number of rotatable bonds is 3. The molecule has 2 aliphatic rings. The number of pyridine rings is 1. The third-order valence-electron chi connectivity index (χ3n) is 5.61. The maximum atomic E-state index is 13.9. The molecule has 0 aliphatic carbocycles. The molecule has 0 bridgehead atoms. The molecule has 1 aromatic heterocycles. The third-order valence-corrected chi connectivity index (χ3v) is 5.61. The minimum Gasteiger partial charge on any atom is -0.363 e. The number of halogens is 2. The number of hydrogen-bond acceptors (Lipinski definition) is 4. The highest BCUT2D eigenvalue weighted by Crippen LogP contribution is 2.33. The molecule has 1 amide bonds. The molecule has 2 saturated heterocycles. The van der Waals surface area contributed by atoms with Gasteiger partial charge in [0.15, 0.2) is 0 Å². The number of aromatic nitrogens is 1. The van der Waals surface area contributed by atoms with Crippen LogP contribution >= 0.6 is 0 Å². The number of nitrogens with zero attached hydrogens (tertiary/aromatic N) is 3. The summed E-state index contributed by atoms with van der Waals surface area (Å²) in [6.07, 6.45) is 5.27. The lowest BCUT2D eigenvalue weighted by Gasteiger charge is -2.42. The molecule has 1 spiro atoms. The van der Waals surface area contributed by atoms with Crippen molar-refractivity contribution in [1.29, 1.82) is 0 Å². The minimum atomic E-state index is -0.453. The van der Waals surface area contributed by atoms with Gasteiger partial charge in [0.05, 0.1) is 18.3 Å². The van der Waals surface area contributed by atoms with Crippen LogP contribution < -0.4 is 4.90 Å². The molecular weight excluding hydrogens is 364 g/mol. The number of morpholine rings is 1. The van der Waals surface area contributed by atoms with Crippen molar-refractivity contribution in [2.45, 2.75) is 31.4 Å². The average molecular weight is 387 g/mol. The largest absolute Gasteiger partial charge is 0.363 e. The number of likely N-dealkylation sites (tertiary alicyclic amines) is 1. The van der Waals surface area contributed by atoms with Gasteiger partial charge < -0.3 is 9.64 Å². The Morgan fingerprint density at radius 3 is 2.89 bits per heavy atom. The predicted octanol–water partition coefficient (Wildman–Crippen LogP) is 3.15. The molecule has 1 atom stereocenters. The van der Waals surface area contributed by atoms with E-state index in [-0.39, 0.29) is 24.1 Å². The molecule has 1 aromatic carbocycles. The fourth-order valence-corrected chi connectivity index (χ4v) is 4.05. The molecule has 28 heavy (non-hydrogen) atoms. The lowest BCUT2D eigenvalue weighted by atomic mass is 9.92. The van der Waals surface area contributed by atoms with Gasteiger partial charge in [-0.25, -0.2) is 8.78 Å². The highest BCUT2D eigenvalue weighted by molar-refractivity contribution is 5.95. The van der Waals surface area contributed by atoms with E-state index in [9.17, 15) is 13.6 Å². The van der Waals surface area contributed by atoms with Crippen molar-refractivity contribution in [3.05, 3.63) is 59.9 Å². The van der Waals surface area contributed by atoms with E-state index in [0.29, 0.717) is 24.3 Å². The van der Waals surface area contributed by atoms with Crippen molar-refractivity contribution < 1.29 is 18.3 Å². The molecule has 148 valence electrons. The fraction of sp³-hybridized carbons (Fsp3) is 0.429. The molecule has 2 fully saturated rings. The lowest BCUT2D eigenvalue weighted by Crippen LogP contribution is -2.55. The summed E-state index contributed by atoms with van der Waals surface area (Å²) in [4.78, 5) is 20.0.